The van der Waals surface area contributed by atoms with Gasteiger partial charge in [-0.15, -0.1) is 0 Å². The van der Waals surface area contributed by atoms with Gasteiger partial charge in [0.25, 0.3) is 0 Å². The van der Waals surface area contributed by atoms with Crippen molar-refractivity contribution in [2.75, 3.05) is 18.5 Å². The SMILES string of the molecule is CC(C)CN(C)c1cc([C@@H](C)N)ccn1. The molecular weight excluding hydrogens is 186 g/mol. The fourth-order valence-electron chi connectivity index (χ4n) is 1.57. The third kappa shape index (κ3) is 3.51. The van der Waals surface area contributed by atoms with Crippen molar-refractivity contribution < 1.29 is 0 Å². The van der Waals surface area contributed by atoms with E-state index in [2.05, 4.69) is 36.8 Å². The maximum atomic E-state index is 5.84. The number of nitrogens with two attached hydrogens (primary N) is 1. The molecule has 0 aliphatic heterocycles. The van der Waals surface area contributed by atoms with Gasteiger partial charge in [-0.2, -0.15) is 0 Å². The third-order valence-electron chi connectivity index (χ3n) is 2.33. The van der Waals surface area contributed by atoms with E-state index >= 15 is 0 Å². The Labute approximate surface area is 92.3 Å². The van der Waals surface area contributed by atoms with E-state index in [0.29, 0.717) is 5.92 Å². The van der Waals surface area contributed by atoms with E-state index < -0.39 is 0 Å². The topological polar surface area (TPSA) is 42.1 Å². The molecule has 0 unspecified atom stereocenters. The van der Waals surface area contributed by atoms with Crippen molar-refractivity contribution >= 4 is 5.82 Å². The molecule has 15 heavy (non-hydrogen) atoms. The minimum atomic E-state index is 0.0687. The van der Waals surface area contributed by atoms with E-state index in [0.717, 1.165) is 17.9 Å². The Hall–Kier alpha value is -1.09. The Kier molecular flexibility index (Phi) is 4.09. The number of pyridine rings is 1. The van der Waals surface area contributed by atoms with E-state index in [-0.39, 0.29) is 6.04 Å². The first kappa shape index (κ1) is 12.0. The third-order valence-corrected chi connectivity index (χ3v) is 2.33. The smallest absolute Gasteiger partial charge is 0.128 e. The second-order valence-electron chi connectivity index (χ2n) is 4.51. The van der Waals surface area contributed by atoms with Crippen molar-refractivity contribution in [2.45, 2.75) is 26.8 Å². The van der Waals surface area contributed by atoms with Crippen molar-refractivity contribution in [1.82, 2.24) is 4.98 Å². The zero-order valence-electron chi connectivity index (χ0n) is 10.1. The summed E-state index contributed by atoms with van der Waals surface area (Å²) in [6.07, 6.45) is 1.82. The van der Waals surface area contributed by atoms with Crippen molar-refractivity contribution in [2.24, 2.45) is 11.7 Å². The van der Waals surface area contributed by atoms with Crippen LogP contribution < -0.4 is 10.6 Å². The fourth-order valence-corrected chi connectivity index (χ4v) is 1.57. The van der Waals surface area contributed by atoms with Gasteiger partial charge in [-0.1, -0.05) is 13.8 Å². The fraction of sp³-hybridized carbons (Fsp3) is 0.583. The summed E-state index contributed by atoms with van der Waals surface area (Å²) in [7, 11) is 2.06. The summed E-state index contributed by atoms with van der Waals surface area (Å²) in [5, 5.41) is 0. The van der Waals surface area contributed by atoms with Gasteiger partial charge in [-0.25, -0.2) is 4.98 Å². The highest BCUT2D eigenvalue weighted by molar-refractivity contribution is 5.40. The van der Waals surface area contributed by atoms with Gasteiger partial charge in [0.2, 0.25) is 0 Å². The molecule has 0 aromatic carbocycles. The van der Waals surface area contributed by atoms with Crippen LogP contribution in [0.25, 0.3) is 0 Å². The molecule has 0 amide bonds. The molecule has 0 saturated carbocycles. The molecule has 0 saturated heterocycles. The summed E-state index contributed by atoms with van der Waals surface area (Å²) in [5.74, 6) is 1.63. The molecule has 1 rings (SSSR count). The van der Waals surface area contributed by atoms with Gasteiger partial charge in [-0.05, 0) is 30.5 Å². The van der Waals surface area contributed by atoms with Gasteiger partial charge in [0.1, 0.15) is 5.82 Å². The van der Waals surface area contributed by atoms with Crippen LogP contribution in [0.4, 0.5) is 5.82 Å². The first-order valence-electron chi connectivity index (χ1n) is 5.43. The van der Waals surface area contributed by atoms with E-state index in [1.807, 2.05) is 19.2 Å². The lowest BCUT2D eigenvalue weighted by Crippen LogP contribution is -2.23. The molecule has 1 aromatic heterocycles. The number of hydrogen-bond acceptors (Lipinski definition) is 3. The Morgan fingerprint density at radius 1 is 1.40 bits per heavy atom. The van der Waals surface area contributed by atoms with Crippen LogP contribution in [0, 0.1) is 5.92 Å². The average Bonchev–Trinajstić information content (AvgIpc) is 2.17. The second kappa shape index (κ2) is 5.12. The normalized spacial score (nSPS) is 12.9. The Balaban J connectivity index is 2.80. The molecule has 2 N–H and O–H groups in total. The highest BCUT2D eigenvalue weighted by Gasteiger charge is 2.06. The predicted octanol–water partition coefficient (Wildman–Crippen LogP) is 2.19. The van der Waals surface area contributed by atoms with E-state index in [1.165, 1.54) is 0 Å². The van der Waals surface area contributed by atoms with Gasteiger partial charge in [0.15, 0.2) is 0 Å². The number of anilines is 1. The first-order chi connectivity index (χ1) is 7.00. The van der Waals surface area contributed by atoms with Gasteiger partial charge < -0.3 is 10.6 Å². The highest BCUT2D eigenvalue weighted by atomic mass is 15.2. The van der Waals surface area contributed by atoms with Crippen LogP contribution in [0.1, 0.15) is 32.4 Å². The molecule has 84 valence electrons. The molecule has 3 heteroatoms. The van der Waals surface area contributed by atoms with Crippen LogP contribution in [0.3, 0.4) is 0 Å². The lowest BCUT2D eigenvalue weighted by Gasteiger charge is -2.21. The molecule has 1 aromatic rings. The Bertz CT molecular complexity index is 307. The van der Waals surface area contributed by atoms with Crippen molar-refractivity contribution in [3.8, 4) is 0 Å². The molecule has 0 bridgehead atoms. The summed E-state index contributed by atoms with van der Waals surface area (Å²) in [4.78, 5) is 6.51. The highest BCUT2D eigenvalue weighted by Crippen LogP contribution is 2.16. The van der Waals surface area contributed by atoms with Crippen molar-refractivity contribution in [3.05, 3.63) is 23.9 Å². The van der Waals surface area contributed by atoms with Gasteiger partial charge in [-0.3, -0.25) is 0 Å². The first-order valence-corrected chi connectivity index (χ1v) is 5.43. The summed E-state index contributed by atoms with van der Waals surface area (Å²) in [5.41, 5.74) is 6.97. The summed E-state index contributed by atoms with van der Waals surface area (Å²) < 4.78 is 0. The quantitative estimate of drug-likeness (QED) is 0.823. The molecule has 3 nitrogen and oxygen atoms in total. The Morgan fingerprint density at radius 2 is 2.07 bits per heavy atom. The molecule has 1 atom stereocenters. The maximum Gasteiger partial charge on any atom is 0.128 e. The lowest BCUT2D eigenvalue weighted by atomic mass is 10.1. The zero-order chi connectivity index (χ0) is 11.4. The molecule has 0 radical (unpaired) electrons. The summed E-state index contributed by atoms with van der Waals surface area (Å²) in [6, 6.07) is 4.10. The van der Waals surface area contributed by atoms with E-state index in [9.17, 15) is 0 Å². The Morgan fingerprint density at radius 3 is 2.60 bits per heavy atom. The average molecular weight is 207 g/mol. The molecular formula is C12H21N3. The zero-order valence-corrected chi connectivity index (χ0v) is 10.1. The molecule has 0 spiro atoms. The number of rotatable bonds is 4. The van der Waals surface area contributed by atoms with E-state index in [1.54, 1.807) is 0 Å². The number of hydrogen-bond donors (Lipinski definition) is 1. The molecule has 0 fully saturated rings. The summed E-state index contributed by atoms with van der Waals surface area (Å²) in [6.45, 7) is 7.40. The van der Waals surface area contributed by atoms with Crippen molar-refractivity contribution in [1.29, 1.82) is 0 Å². The van der Waals surface area contributed by atoms with Crippen LogP contribution in [0.15, 0.2) is 18.3 Å². The van der Waals surface area contributed by atoms with Gasteiger partial charge in [0, 0.05) is 25.8 Å². The number of nitrogens with zero attached hydrogens (tertiary/aromatic N) is 2. The monoisotopic (exact) mass is 207 g/mol. The lowest BCUT2D eigenvalue weighted by molar-refractivity contribution is 0.634. The van der Waals surface area contributed by atoms with Crippen molar-refractivity contribution in [3.63, 3.8) is 0 Å². The molecule has 1 heterocycles. The van der Waals surface area contributed by atoms with Gasteiger partial charge >= 0.3 is 0 Å². The summed E-state index contributed by atoms with van der Waals surface area (Å²) >= 11 is 0. The van der Waals surface area contributed by atoms with Crippen LogP contribution in [0.2, 0.25) is 0 Å². The van der Waals surface area contributed by atoms with Crippen LogP contribution >= 0.6 is 0 Å². The second-order valence-corrected chi connectivity index (χ2v) is 4.51. The molecule has 0 aliphatic rings. The van der Waals surface area contributed by atoms with Crippen LogP contribution in [-0.4, -0.2) is 18.6 Å². The van der Waals surface area contributed by atoms with Crippen LogP contribution in [0.5, 0.6) is 0 Å². The minimum absolute atomic E-state index is 0.0687. The van der Waals surface area contributed by atoms with Gasteiger partial charge in [0.05, 0.1) is 0 Å². The maximum absolute atomic E-state index is 5.84. The standard InChI is InChI=1S/C12H21N3/c1-9(2)8-15(4)12-7-11(10(3)13)5-6-14-12/h5-7,9-10H,8,13H2,1-4H3/t10-/m1/s1. The predicted molar refractivity (Wildman–Crippen MR) is 64.9 cm³/mol. The minimum Gasteiger partial charge on any atom is -0.359 e. The largest absolute Gasteiger partial charge is 0.359 e. The number of aromatic nitrogens is 1. The van der Waals surface area contributed by atoms with E-state index in [4.69, 9.17) is 5.73 Å². The van der Waals surface area contributed by atoms with Crippen LogP contribution in [-0.2, 0) is 0 Å². The molecule has 0 aliphatic carbocycles.